The van der Waals surface area contributed by atoms with Crippen molar-refractivity contribution in [3.05, 3.63) is 36.0 Å². The molecule has 0 saturated carbocycles. The van der Waals surface area contributed by atoms with Crippen molar-refractivity contribution in [2.45, 2.75) is 19.9 Å². The summed E-state index contributed by atoms with van der Waals surface area (Å²) in [5, 5.41) is 4.19. The van der Waals surface area contributed by atoms with Crippen LogP contribution in [0.25, 0.3) is 0 Å². The van der Waals surface area contributed by atoms with E-state index in [2.05, 4.69) is 26.9 Å². The van der Waals surface area contributed by atoms with Crippen LogP contribution in [-0.4, -0.2) is 26.8 Å². The van der Waals surface area contributed by atoms with Gasteiger partial charge in [-0.2, -0.15) is 5.10 Å². The Morgan fingerprint density at radius 1 is 1.35 bits per heavy atom. The predicted octanol–water partition coefficient (Wildman–Crippen LogP) is 1.72. The Hall–Kier alpha value is -1.91. The Bertz CT molecular complexity index is 505. The van der Waals surface area contributed by atoms with Gasteiger partial charge in [-0.15, -0.1) is 0 Å². The van der Waals surface area contributed by atoms with Crippen molar-refractivity contribution in [2.75, 3.05) is 11.9 Å². The predicted molar refractivity (Wildman–Crippen MR) is 66.8 cm³/mol. The summed E-state index contributed by atoms with van der Waals surface area (Å²) in [6, 6.07) is 2.21. The van der Waals surface area contributed by atoms with Gasteiger partial charge in [0.15, 0.2) is 0 Å². The topological polar surface area (TPSA) is 46.8 Å². The SMILES string of the molecule is Cc1cc(N(C)[C@@H](C)c2cnn(C)c2)ncn1. The van der Waals surface area contributed by atoms with Gasteiger partial charge >= 0.3 is 0 Å². The Labute approximate surface area is 101 Å². The third-order valence-corrected chi connectivity index (χ3v) is 2.94. The Morgan fingerprint density at radius 2 is 2.12 bits per heavy atom. The molecule has 1 atom stereocenters. The molecule has 5 nitrogen and oxygen atoms in total. The van der Waals surface area contributed by atoms with Gasteiger partial charge in [0.1, 0.15) is 12.1 Å². The van der Waals surface area contributed by atoms with Gasteiger partial charge in [0.25, 0.3) is 0 Å². The molecular weight excluding hydrogens is 214 g/mol. The average molecular weight is 231 g/mol. The fraction of sp³-hybridized carbons (Fsp3) is 0.417. The summed E-state index contributed by atoms with van der Waals surface area (Å²) >= 11 is 0. The fourth-order valence-electron chi connectivity index (χ4n) is 1.71. The van der Waals surface area contributed by atoms with E-state index >= 15 is 0 Å². The maximum Gasteiger partial charge on any atom is 0.132 e. The lowest BCUT2D eigenvalue weighted by molar-refractivity contribution is 0.721. The number of nitrogens with zero attached hydrogens (tertiary/aromatic N) is 5. The molecule has 2 aromatic heterocycles. The highest BCUT2D eigenvalue weighted by molar-refractivity contribution is 5.40. The molecule has 0 aliphatic rings. The summed E-state index contributed by atoms with van der Waals surface area (Å²) in [5.74, 6) is 0.925. The zero-order chi connectivity index (χ0) is 12.4. The lowest BCUT2D eigenvalue weighted by atomic mass is 10.1. The van der Waals surface area contributed by atoms with Crippen LogP contribution in [0.3, 0.4) is 0 Å². The van der Waals surface area contributed by atoms with Crippen molar-refractivity contribution in [3.63, 3.8) is 0 Å². The van der Waals surface area contributed by atoms with Gasteiger partial charge in [-0.3, -0.25) is 4.68 Å². The molecule has 2 heterocycles. The van der Waals surface area contributed by atoms with E-state index in [1.54, 1.807) is 6.33 Å². The zero-order valence-corrected chi connectivity index (χ0v) is 10.6. The van der Waals surface area contributed by atoms with Crippen LogP contribution in [0.5, 0.6) is 0 Å². The van der Waals surface area contributed by atoms with Crippen molar-refractivity contribution in [3.8, 4) is 0 Å². The van der Waals surface area contributed by atoms with Crippen LogP contribution in [0.2, 0.25) is 0 Å². The van der Waals surface area contributed by atoms with Gasteiger partial charge < -0.3 is 4.90 Å². The minimum atomic E-state index is 0.234. The van der Waals surface area contributed by atoms with Gasteiger partial charge in [0.05, 0.1) is 12.2 Å². The number of hydrogen-bond acceptors (Lipinski definition) is 4. The highest BCUT2D eigenvalue weighted by Crippen LogP contribution is 2.22. The van der Waals surface area contributed by atoms with E-state index in [1.165, 1.54) is 5.56 Å². The van der Waals surface area contributed by atoms with E-state index in [0.717, 1.165) is 11.5 Å². The molecule has 5 heteroatoms. The molecule has 0 N–H and O–H groups in total. The molecule has 0 amide bonds. The molecule has 90 valence electrons. The number of rotatable bonds is 3. The first-order valence-electron chi connectivity index (χ1n) is 5.58. The summed E-state index contributed by atoms with van der Waals surface area (Å²) in [4.78, 5) is 10.5. The minimum absolute atomic E-state index is 0.234. The van der Waals surface area contributed by atoms with Crippen LogP contribution >= 0.6 is 0 Å². The molecule has 2 aromatic rings. The molecule has 0 unspecified atom stereocenters. The first-order valence-corrected chi connectivity index (χ1v) is 5.58. The highest BCUT2D eigenvalue weighted by Gasteiger charge is 2.14. The van der Waals surface area contributed by atoms with Crippen LogP contribution in [0, 0.1) is 6.92 Å². The third-order valence-electron chi connectivity index (χ3n) is 2.94. The van der Waals surface area contributed by atoms with Crippen LogP contribution in [0.1, 0.15) is 24.2 Å². The van der Waals surface area contributed by atoms with Crippen molar-refractivity contribution in [2.24, 2.45) is 7.05 Å². The zero-order valence-electron chi connectivity index (χ0n) is 10.6. The number of hydrogen-bond donors (Lipinski definition) is 0. The lowest BCUT2D eigenvalue weighted by Crippen LogP contribution is -2.22. The fourth-order valence-corrected chi connectivity index (χ4v) is 1.71. The van der Waals surface area contributed by atoms with Crippen molar-refractivity contribution >= 4 is 5.82 Å². The molecule has 0 aromatic carbocycles. The van der Waals surface area contributed by atoms with E-state index in [4.69, 9.17) is 0 Å². The maximum atomic E-state index is 4.28. The Kier molecular flexibility index (Phi) is 3.08. The van der Waals surface area contributed by atoms with Gasteiger partial charge in [-0.05, 0) is 13.8 Å². The summed E-state index contributed by atoms with van der Waals surface area (Å²) in [7, 11) is 3.95. The number of anilines is 1. The molecule has 0 fully saturated rings. The largest absolute Gasteiger partial charge is 0.353 e. The molecule has 0 saturated heterocycles. The Balaban J connectivity index is 2.22. The van der Waals surface area contributed by atoms with E-state index in [0.29, 0.717) is 0 Å². The second-order valence-electron chi connectivity index (χ2n) is 4.25. The summed E-state index contributed by atoms with van der Waals surface area (Å²) < 4.78 is 1.81. The molecule has 2 rings (SSSR count). The first kappa shape index (κ1) is 11.6. The van der Waals surface area contributed by atoms with Gasteiger partial charge in [0.2, 0.25) is 0 Å². The molecular formula is C12H17N5. The van der Waals surface area contributed by atoms with Gasteiger partial charge in [-0.1, -0.05) is 0 Å². The van der Waals surface area contributed by atoms with E-state index in [1.807, 2.05) is 44.2 Å². The lowest BCUT2D eigenvalue weighted by Gasteiger charge is -2.25. The average Bonchev–Trinajstić information content (AvgIpc) is 2.74. The Morgan fingerprint density at radius 3 is 2.71 bits per heavy atom. The van der Waals surface area contributed by atoms with Crippen LogP contribution in [0.4, 0.5) is 5.82 Å². The monoisotopic (exact) mass is 231 g/mol. The summed E-state index contributed by atoms with van der Waals surface area (Å²) in [6.07, 6.45) is 5.50. The van der Waals surface area contributed by atoms with Crippen LogP contribution in [-0.2, 0) is 7.05 Å². The number of aryl methyl sites for hydroxylation is 2. The normalized spacial score (nSPS) is 12.5. The molecule has 0 bridgehead atoms. The standard InChI is InChI=1S/C12H17N5/c1-9-5-12(14-8-13-9)17(4)10(2)11-6-15-16(3)7-11/h5-8,10H,1-4H3/t10-/m0/s1. The molecule has 0 spiro atoms. The minimum Gasteiger partial charge on any atom is -0.353 e. The van der Waals surface area contributed by atoms with Crippen LogP contribution in [0.15, 0.2) is 24.8 Å². The van der Waals surface area contributed by atoms with E-state index in [-0.39, 0.29) is 6.04 Å². The maximum absolute atomic E-state index is 4.28. The van der Waals surface area contributed by atoms with E-state index < -0.39 is 0 Å². The van der Waals surface area contributed by atoms with Gasteiger partial charge in [0, 0.05) is 37.6 Å². The summed E-state index contributed by atoms with van der Waals surface area (Å²) in [5.41, 5.74) is 2.14. The molecule has 17 heavy (non-hydrogen) atoms. The van der Waals surface area contributed by atoms with Crippen molar-refractivity contribution in [1.29, 1.82) is 0 Å². The highest BCUT2D eigenvalue weighted by atomic mass is 15.3. The van der Waals surface area contributed by atoms with Crippen molar-refractivity contribution < 1.29 is 0 Å². The molecule has 0 aliphatic heterocycles. The first-order chi connectivity index (χ1) is 8.08. The van der Waals surface area contributed by atoms with Crippen molar-refractivity contribution in [1.82, 2.24) is 19.7 Å². The summed E-state index contributed by atoms with van der Waals surface area (Å²) in [6.45, 7) is 4.10. The van der Waals surface area contributed by atoms with Gasteiger partial charge in [-0.25, -0.2) is 9.97 Å². The number of aromatic nitrogens is 4. The molecule has 0 radical (unpaired) electrons. The molecule has 0 aliphatic carbocycles. The van der Waals surface area contributed by atoms with Crippen LogP contribution < -0.4 is 4.90 Å². The second-order valence-corrected chi connectivity index (χ2v) is 4.25. The second kappa shape index (κ2) is 4.53. The quantitative estimate of drug-likeness (QED) is 0.807. The van der Waals surface area contributed by atoms with E-state index in [9.17, 15) is 0 Å². The smallest absolute Gasteiger partial charge is 0.132 e. The third kappa shape index (κ3) is 2.43.